The fourth-order valence-electron chi connectivity index (χ4n) is 3.50. The van der Waals surface area contributed by atoms with Gasteiger partial charge in [-0.05, 0) is 37.3 Å². The standard InChI is InChI=1S/C20H15F2N7/c1-11(28-19-16-18(25-9-24-16)26-10-27-19)17-15(22)14-6-3-7-23-20(14)29(17)13-5-2-4-12(21)8-13/h2-11H,1H3,(H2,24,25,26,27,28). The van der Waals surface area contributed by atoms with E-state index in [0.29, 0.717) is 39.4 Å². The van der Waals surface area contributed by atoms with Gasteiger partial charge in [0.1, 0.15) is 23.3 Å². The number of nitrogens with zero attached hydrogens (tertiary/aromatic N) is 5. The minimum Gasteiger partial charge on any atom is -0.360 e. The maximum absolute atomic E-state index is 15.4. The van der Waals surface area contributed by atoms with Crippen LogP contribution in [0.15, 0.2) is 55.2 Å². The number of fused-ring (bicyclic) bond motifs is 2. The van der Waals surface area contributed by atoms with Crippen LogP contribution in [0.4, 0.5) is 14.6 Å². The smallest absolute Gasteiger partial charge is 0.162 e. The molecule has 0 fully saturated rings. The van der Waals surface area contributed by atoms with Crippen molar-refractivity contribution in [3.63, 3.8) is 0 Å². The van der Waals surface area contributed by atoms with Crippen molar-refractivity contribution >= 4 is 28.0 Å². The molecule has 1 unspecified atom stereocenters. The average molecular weight is 391 g/mol. The minimum absolute atomic E-state index is 0.312. The van der Waals surface area contributed by atoms with E-state index in [1.54, 1.807) is 42.0 Å². The molecule has 0 saturated heterocycles. The van der Waals surface area contributed by atoms with Gasteiger partial charge in [0.2, 0.25) is 0 Å². The van der Waals surface area contributed by atoms with E-state index in [1.807, 2.05) is 0 Å². The van der Waals surface area contributed by atoms with Crippen LogP contribution in [0.5, 0.6) is 0 Å². The molecule has 9 heteroatoms. The van der Waals surface area contributed by atoms with Crippen molar-refractivity contribution in [1.82, 2.24) is 29.5 Å². The first kappa shape index (κ1) is 17.2. The predicted molar refractivity (Wildman–Crippen MR) is 105 cm³/mol. The second-order valence-corrected chi connectivity index (χ2v) is 6.58. The number of anilines is 1. The zero-order valence-electron chi connectivity index (χ0n) is 15.3. The molecule has 0 amide bonds. The van der Waals surface area contributed by atoms with Gasteiger partial charge in [0.05, 0.1) is 29.1 Å². The van der Waals surface area contributed by atoms with E-state index in [0.717, 1.165) is 0 Å². The first-order valence-electron chi connectivity index (χ1n) is 8.95. The van der Waals surface area contributed by atoms with Gasteiger partial charge in [-0.15, -0.1) is 0 Å². The quantitative estimate of drug-likeness (QED) is 0.481. The van der Waals surface area contributed by atoms with E-state index in [1.165, 1.54) is 24.8 Å². The lowest BCUT2D eigenvalue weighted by molar-refractivity contribution is 0.597. The van der Waals surface area contributed by atoms with Crippen LogP contribution in [0.3, 0.4) is 0 Å². The summed E-state index contributed by atoms with van der Waals surface area (Å²) >= 11 is 0. The summed E-state index contributed by atoms with van der Waals surface area (Å²) in [6.07, 6.45) is 4.50. The third-order valence-electron chi connectivity index (χ3n) is 4.75. The molecule has 144 valence electrons. The number of hydrogen-bond acceptors (Lipinski definition) is 5. The molecular weight excluding hydrogens is 376 g/mol. The fraction of sp³-hybridized carbons (Fsp3) is 0.100. The molecule has 4 aromatic heterocycles. The van der Waals surface area contributed by atoms with E-state index >= 15 is 4.39 Å². The molecule has 29 heavy (non-hydrogen) atoms. The molecule has 0 radical (unpaired) electrons. The van der Waals surface area contributed by atoms with Gasteiger partial charge in [-0.1, -0.05) is 6.07 Å². The van der Waals surface area contributed by atoms with Crippen LogP contribution in [0.1, 0.15) is 18.7 Å². The number of hydrogen-bond donors (Lipinski definition) is 2. The monoisotopic (exact) mass is 391 g/mol. The second kappa shape index (κ2) is 6.62. The summed E-state index contributed by atoms with van der Waals surface area (Å²) in [7, 11) is 0. The topological polar surface area (TPSA) is 84.3 Å². The van der Waals surface area contributed by atoms with Crippen molar-refractivity contribution in [2.75, 3.05) is 5.32 Å². The molecule has 0 aliphatic rings. The lowest BCUT2D eigenvalue weighted by atomic mass is 10.2. The molecule has 1 aromatic carbocycles. The molecule has 7 nitrogen and oxygen atoms in total. The molecule has 0 spiro atoms. The Bertz CT molecular complexity index is 1340. The molecule has 0 aliphatic carbocycles. The number of pyridine rings is 1. The summed E-state index contributed by atoms with van der Waals surface area (Å²) in [5.41, 5.74) is 2.32. The van der Waals surface area contributed by atoms with Gasteiger partial charge in [0.25, 0.3) is 0 Å². The van der Waals surface area contributed by atoms with Gasteiger partial charge in [-0.2, -0.15) is 0 Å². The Balaban J connectivity index is 1.69. The lowest BCUT2D eigenvalue weighted by Crippen LogP contribution is -2.14. The van der Waals surface area contributed by atoms with Crippen molar-refractivity contribution in [2.45, 2.75) is 13.0 Å². The molecule has 2 N–H and O–H groups in total. The Labute approximate surface area is 163 Å². The Morgan fingerprint density at radius 1 is 1.07 bits per heavy atom. The van der Waals surface area contributed by atoms with Gasteiger partial charge in [0.15, 0.2) is 17.3 Å². The highest BCUT2D eigenvalue weighted by Gasteiger charge is 2.25. The maximum Gasteiger partial charge on any atom is 0.162 e. The molecule has 5 aromatic rings. The summed E-state index contributed by atoms with van der Waals surface area (Å²) in [6.45, 7) is 1.80. The summed E-state index contributed by atoms with van der Waals surface area (Å²) in [6, 6.07) is 8.78. The summed E-state index contributed by atoms with van der Waals surface area (Å²) in [5, 5.41) is 3.55. The number of aromatic amines is 1. The predicted octanol–water partition coefficient (Wildman–Crippen LogP) is 4.14. The van der Waals surface area contributed by atoms with E-state index in [2.05, 4.69) is 30.2 Å². The summed E-state index contributed by atoms with van der Waals surface area (Å²) in [5.74, 6) is -0.377. The minimum atomic E-state index is -0.526. The van der Waals surface area contributed by atoms with Gasteiger partial charge < -0.3 is 10.3 Å². The van der Waals surface area contributed by atoms with Crippen LogP contribution in [-0.2, 0) is 0 Å². The molecule has 1 atom stereocenters. The van der Waals surface area contributed by atoms with Crippen LogP contribution < -0.4 is 5.32 Å². The zero-order valence-corrected chi connectivity index (χ0v) is 15.3. The lowest BCUT2D eigenvalue weighted by Gasteiger charge is -2.18. The second-order valence-electron chi connectivity index (χ2n) is 6.58. The number of benzene rings is 1. The van der Waals surface area contributed by atoms with Crippen LogP contribution in [0, 0.1) is 11.6 Å². The Kier molecular flexibility index (Phi) is 3.94. The number of imidazole rings is 1. The van der Waals surface area contributed by atoms with Crippen LogP contribution in [0.25, 0.3) is 27.9 Å². The van der Waals surface area contributed by atoms with E-state index < -0.39 is 17.7 Å². The summed E-state index contributed by atoms with van der Waals surface area (Å²) < 4.78 is 31.0. The molecule has 0 saturated carbocycles. The van der Waals surface area contributed by atoms with E-state index in [-0.39, 0.29) is 0 Å². The summed E-state index contributed by atoms with van der Waals surface area (Å²) in [4.78, 5) is 19.8. The normalized spacial score (nSPS) is 12.5. The highest BCUT2D eigenvalue weighted by Crippen LogP contribution is 2.33. The molecule has 4 heterocycles. The third kappa shape index (κ3) is 2.78. The van der Waals surface area contributed by atoms with Crippen LogP contribution in [0.2, 0.25) is 0 Å². The number of nitrogens with one attached hydrogen (secondary N) is 2. The van der Waals surface area contributed by atoms with Crippen molar-refractivity contribution in [2.24, 2.45) is 0 Å². The van der Waals surface area contributed by atoms with Crippen LogP contribution in [-0.4, -0.2) is 29.5 Å². The number of H-pyrrole nitrogens is 1. The van der Waals surface area contributed by atoms with E-state index in [4.69, 9.17) is 0 Å². The molecule has 0 aliphatic heterocycles. The highest BCUT2D eigenvalue weighted by atomic mass is 19.1. The maximum atomic E-state index is 15.4. The van der Waals surface area contributed by atoms with Crippen LogP contribution >= 0.6 is 0 Å². The Morgan fingerprint density at radius 2 is 1.97 bits per heavy atom. The number of rotatable bonds is 4. The zero-order chi connectivity index (χ0) is 20.0. The van der Waals surface area contributed by atoms with Crippen molar-refractivity contribution in [1.29, 1.82) is 0 Å². The first-order valence-corrected chi connectivity index (χ1v) is 8.95. The number of halogens is 2. The average Bonchev–Trinajstić information content (AvgIpc) is 3.32. The Hall–Kier alpha value is -3.88. The van der Waals surface area contributed by atoms with Gasteiger partial charge in [-0.25, -0.2) is 28.7 Å². The number of aromatic nitrogens is 6. The molecular formula is C20H15F2N7. The fourth-order valence-corrected chi connectivity index (χ4v) is 3.50. The molecule has 0 bridgehead atoms. The third-order valence-corrected chi connectivity index (χ3v) is 4.75. The van der Waals surface area contributed by atoms with Gasteiger partial charge >= 0.3 is 0 Å². The first-order chi connectivity index (χ1) is 14.1. The largest absolute Gasteiger partial charge is 0.360 e. The SMILES string of the molecule is CC(Nc1ncnc2[nH]cnc12)c1c(F)c2cccnc2n1-c1cccc(F)c1. The Morgan fingerprint density at radius 3 is 2.83 bits per heavy atom. The highest BCUT2D eigenvalue weighted by molar-refractivity contribution is 5.83. The van der Waals surface area contributed by atoms with E-state index in [9.17, 15) is 4.39 Å². The van der Waals surface area contributed by atoms with Crippen molar-refractivity contribution in [3.8, 4) is 5.69 Å². The van der Waals surface area contributed by atoms with Crippen molar-refractivity contribution in [3.05, 3.63) is 72.6 Å². The van der Waals surface area contributed by atoms with Crippen molar-refractivity contribution < 1.29 is 8.78 Å². The van der Waals surface area contributed by atoms with Gasteiger partial charge in [-0.3, -0.25) is 4.57 Å². The van der Waals surface area contributed by atoms with Gasteiger partial charge in [0, 0.05) is 6.20 Å². The molecule has 5 rings (SSSR count).